The van der Waals surface area contributed by atoms with Gasteiger partial charge >= 0.3 is 5.97 Å². The van der Waals surface area contributed by atoms with E-state index in [9.17, 15) is 9.59 Å². The third kappa shape index (κ3) is 4.11. The maximum Gasteiger partial charge on any atom is 0.352 e. The Morgan fingerprint density at radius 1 is 1.20 bits per heavy atom. The summed E-state index contributed by atoms with van der Waals surface area (Å²) in [5.74, 6) is -1.11. The van der Waals surface area contributed by atoms with Crippen molar-refractivity contribution in [1.29, 1.82) is 0 Å². The largest absolute Gasteiger partial charge is 0.477 e. The number of nitrogens with zero attached hydrogens (tertiary/aromatic N) is 1. The van der Waals surface area contributed by atoms with E-state index in [4.69, 9.17) is 5.11 Å². The second-order valence-corrected chi connectivity index (χ2v) is 5.44. The highest BCUT2D eigenvalue weighted by Gasteiger charge is 2.16. The number of carboxylic acids is 1. The van der Waals surface area contributed by atoms with Crippen LogP contribution in [0.2, 0.25) is 0 Å². The highest BCUT2D eigenvalue weighted by molar-refractivity contribution is 5.86. The lowest BCUT2D eigenvalue weighted by atomic mass is 9.97. The van der Waals surface area contributed by atoms with Crippen molar-refractivity contribution in [2.45, 2.75) is 57.5 Å². The topological polar surface area (TPSA) is 71.3 Å². The van der Waals surface area contributed by atoms with E-state index in [0.29, 0.717) is 0 Å². The van der Waals surface area contributed by atoms with Crippen molar-refractivity contribution in [3.05, 3.63) is 24.0 Å². The van der Waals surface area contributed by atoms with Crippen LogP contribution >= 0.6 is 0 Å². The zero-order valence-corrected chi connectivity index (χ0v) is 11.7. The molecule has 0 bridgehead atoms. The number of aromatic carboxylic acids is 1. The molecule has 0 spiro atoms. The molecule has 2 rings (SSSR count). The first-order valence-corrected chi connectivity index (χ1v) is 7.34. The normalized spacial score (nSPS) is 17.2. The number of carbonyl (C=O) groups is 2. The number of carbonyl (C=O) groups excluding carboxylic acids is 1. The van der Waals surface area contributed by atoms with Crippen molar-refractivity contribution in [3.8, 4) is 0 Å². The molecule has 0 aromatic carbocycles. The van der Waals surface area contributed by atoms with Gasteiger partial charge in [-0.3, -0.25) is 4.79 Å². The molecule has 1 fully saturated rings. The zero-order valence-electron chi connectivity index (χ0n) is 11.7. The van der Waals surface area contributed by atoms with Crippen molar-refractivity contribution < 1.29 is 14.7 Å². The van der Waals surface area contributed by atoms with E-state index in [2.05, 4.69) is 5.32 Å². The lowest BCUT2D eigenvalue weighted by Gasteiger charge is -2.21. The predicted octanol–water partition coefficient (Wildman–Crippen LogP) is 2.42. The van der Waals surface area contributed by atoms with Gasteiger partial charge in [0.2, 0.25) is 5.91 Å². The van der Waals surface area contributed by atoms with E-state index in [1.165, 1.54) is 29.9 Å². The third-order valence-electron chi connectivity index (χ3n) is 3.83. The van der Waals surface area contributed by atoms with Gasteiger partial charge < -0.3 is 15.0 Å². The minimum absolute atomic E-state index is 0.0745. The van der Waals surface area contributed by atoms with Crippen LogP contribution in [-0.4, -0.2) is 27.6 Å². The lowest BCUT2D eigenvalue weighted by molar-refractivity contribution is -0.122. The van der Waals surface area contributed by atoms with Gasteiger partial charge in [0.05, 0.1) is 0 Å². The second-order valence-electron chi connectivity index (χ2n) is 5.44. The maximum absolute atomic E-state index is 12.0. The molecule has 1 aliphatic carbocycles. The van der Waals surface area contributed by atoms with Crippen LogP contribution < -0.4 is 5.32 Å². The molecule has 5 nitrogen and oxygen atoms in total. The van der Waals surface area contributed by atoms with Crippen LogP contribution in [0.1, 0.15) is 55.4 Å². The van der Waals surface area contributed by atoms with Crippen LogP contribution in [0.5, 0.6) is 0 Å². The molecule has 0 saturated heterocycles. The summed E-state index contributed by atoms with van der Waals surface area (Å²) in [6.45, 7) is 0.0745. The third-order valence-corrected chi connectivity index (χ3v) is 3.83. The number of nitrogens with one attached hydrogen (secondary N) is 1. The number of carboxylic acid groups (broad SMARTS) is 1. The summed E-state index contributed by atoms with van der Waals surface area (Å²) < 4.78 is 1.47. The fraction of sp³-hybridized carbons (Fsp3) is 0.600. The van der Waals surface area contributed by atoms with Crippen molar-refractivity contribution in [1.82, 2.24) is 9.88 Å². The Hall–Kier alpha value is -1.78. The minimum Gasteiger partial charge on any atom is -0.477 e. The van der Waals surface area contributed by atoms with Crippen LogP contribution in [0.25, 0.3) is 0 Å². The summed E-state index contributed by atoms with van der Waals surface area (Å²) in [5, 5.41) is 12.0. The number of amides is 1. The van der Waals surface area contributed by atoms with Gasteiger partial charge in [0.25, 0.3) is 0 Å². The van der Waals surface area contributed by atoms with Gasteiger partial charge in [-0.05, 0) is 25.0 Å². The molecule has 20 heavy (non-hydrogen) atoms. The molecule has 0 atom stereocenters. The molecule has 1 amide bonds. The second kappa shape index (κ2) is 7.12. The van der Waals surface area contributed by atoms with Gasteiger partial charge in [-0.25, -0.2) is 4.79 Å². The fourth-order valence-electron chi connectivity index (χ4n) is 2.77. The SMILES string of the molecule is O=C(Cn1cccc1C(=O)O)NC1CCCCCCC1. The number of rotatable bonds is 4. The standard InChI is InChI=1S/C15H22N2O3/c18-14(11-17-10-6-9-13(17)15(19)20)16-12-7-4-2-1-3-5-8-12/h6,9-10,12H,1-5,7-8,11H2,(H,16,18)(H,19,20). The van der Waals surface area contributed by atoms with Gasteiger partial charge in [-0.15, -0.1) is 0 Å². The Balaban J connectivity index is 1.87. The summed E-state index contributed by atoms with van der Waals surface area (Å²) in [6, 6.07) is 3.39. The smallest absolute Gasteiger partial charge is 0.352 e. The van der Waals surface area contributed by atoms with Crippen LogP contribution in [0.3, 0.4) is 0 Å². The Kier molecular flexibility index (Phi) is 5.21. The van der Waals surface area contributed by atoms with Gasteiger partial charge in [0.15, 0.2) is 0 Å². The highest BCUT2D eigenvalue weighted by atomic mass is 16.4. The first-order valence-electron chi connectivity index (χ1n) is 7.34. The molecule has 1 saturated carbocycles. The van der Waals surface area contributed by atoms with E-state index in [0.717, 1.165) is 25.7 Å². The van der Waals surface area contributed by atoms with E-state index in [1.54, 1.807) is 12.3 Å². The molecule has 5 heteroatoms. The molecule has 0 unspecified atom stereocenters. The van der Waals surface area contributed by atoms with E-state index < -0.39 is 5.97 Å². The Morgan fingerprint density at radius 3 is 2.50 bits per heavy atom. The molecule has 1 heterocycles. The number of hydrogen-bond donors (Lipinski definition) is 2. The average Bonchev–Trinajstić information content (AvgIpc) is 2.80. The van der Waals surface area contributed by atoms with E-state index in [-0.39, 0.29) is 24.2 Å². The van der Waals surface area contributed by atoms with Crippen LogP contribution in [0, 0.1) is 0 Å². The molecular formula is C15H22N2O3. The molecular weight excluding hydrogens is 256 g/mol. The zero-order chi connectivity index (χ0) is 14.4. The van der Waals surface area contributed by atoms with Crippen molar-refractivity contribution in [2.75, 3.05) is 0 Å². The minimum atomic E-state index is -1.01. The van der Waals surface area contributed by atoms with Crippen LogP contribution in [0.4, 0.5) is 0 Å². The fourth-order valence-corrected chi connectivity index (χ4v) is 2.77. The molecule has 1 aromatic rings. The molecule has 0 aliphatic heterocycles. The average molecular weight is 278 g/mol. The maximum atomic E-state index is 12.0. The van der Waals surface area contributed by atoms with E-state index >= 15 is 0 Å². The van der Waals surface area contributed by atoms with Crippen LogP contribution in [-0.2, 0) is 11.3 Å². The molecule has 0 radical (unpaired) electrons. The summed E-state index contributed by atoms with van der Waals surface area (Å²) in [4.78, 5) is 23.0. The quantitative estimate of drug-likeness (QED) is 0.888. The summed E-state index contributed by atoms with van der Waals surface area (Å²) >= 11 is 0. The first kappa shape index (κ1) is 14.6. The predicted molar refractivity (Wildman–Crippen MR) is 75.6 cm³/mol. The highest BCUT2D eigenvalue weighted by Crippen LogP contribution is 2.17. The van der Waals surface area contributed by atoms with Crippen molar-refractivity contribution >= 4 is 11.9 Å². The van der Waals surface area contributed by atoms with Crippen molar-refractivity contribution in [3.63, 3.8) is 0 Å². The summed E-state index contributed by atoms with van der Waals surface area (Å²) in [7, 11) is 0. The van der Waals surface area contributed by atoms with Crippen LogP contribution in [0.15, 0.2) is 18.3 Å². The summed E-state index contributed by atoms with van der Waals surface area (Å²) in [6.07, 6.45) is 9.80. The Bertz CT molecular complexity index is 459. The van der Waals surface area contributed by atoms with Gasteiger partial charge in [-0.2, -0.15) is 0 Å². The molecule has 110 valence electrons. The Morgan fingerprint density at radius 2 is 1.85 bits per heavy atom. The van der Waals surface area contributed by atoms with Gasteiger partial charge in [-0.1, -0.05) is 32.1 Å². The summed E-state index contributed by atoms with van der Waals surface area (Å²) in [5.41, 5.74) is 0.151. The van der Waals surface area contributed by atoms with Gasteiger partial charge in [0.1, 0.15) is 12.2 Å². The monoisotopic (exact) mass is 278 g/mol. The molecule has 2 N–H and O–H groups in total. The van der Waals surface area contributed by atoms with Gasteiger partial charge in [0, 0.05) is 12.2 Å². The molecule has 1 aliphatic rings. The van der Waals surface area contributed by atoms with Crippen molar-refractivity contribution in [2.24, 2.45) is 0 Å². The number of hydrogen-bond acceptors (Lipinski definition) is 2. The molecule has 1 aromatic heterocycles. The lowest BCUT2D eigenvalue weighted by Crippen LogP contribution is -2.37. The van der Waals surface area contributed by atoms with E-state index in [1.807, 2.05) is 0 Å². The number of aromatic nitrogens is 1. The first-order chi connectivity index (χ1) is 9.66. The Labute approximate surface area is 119 Å².